The number of nitrogens with one attached hydrogen (secondary N) is 2. The summed E-state index contributed by atoms with van der Waals surface area (Å²) in [5.41, 5.74) is 6.58. The summed E-state index contributed by atoms with van der Waals surface area (Å²) in [4.78, 5) is 93.8. The number of anilines is 3. The van der Waals surface area contributed by atoms with Gasteiger partial charge in [0.15, 0.2) is 5.82 Å². The first kappa shape index (κ1) is 47.4. The number of amides is 5. The van der Waals surface area contributed by atoms with E-state index in [9.17, 15) is 19.2 Å². The van der Waals surface area contributed by atoms with E-state index in [0.717, 1.165) is 102 Å². The maximum atomic E-state index is 15.4. The molecule has 2 saturated carbocycles. The van der Waals surface area contributed by atoms with E-state index in [1.165, 1.54) is 5.70 Å². The van der Waals surface area contributed by atoms with Gasteiger partial charge in [0.25, 0.3) is 0 Å². The molecule has 1 aromatic carbocycles. The van der Waals surface area contributed by atoms with Gasteiger partial charge in [-0.2, -0.15) is 0 Å². The number of piperidine rings is 4. The number of hydrogen-bond acceptors (Lipinski definition) is 12. The molecule has 2 atom stereocenters. The lowest BCUT2D eigenvalue weighted by Gasteiger charge is -2.50. The molecule has 2 N–H and O–H groups in total. The predicted molar refractivity (Wildman–Crippen MR) is 279 cm³/mol. The number of hydrogen-bond donors (Lipinski definition) is 2. The van der Waals surface area contributed by atoms with Crippen molar-refractivity contribution in [2.24, 2.45) is 11.3 Å². The van der Waals surface area contributed by atoms with E-state index in [4.69, 9.17) is 14.7 Å². The first-order valence-corrected chi connectivity index (χ1v) is 27.6. The zero-order valence-corrected chi connectivity index (χ0v) is 43.1. The van der Waals surface area contributed by atoms with Crippen LogP contribution in [0.1, 0.15) is 127 Å². The van der Waals surface area contributed by atoms with Crippen LogP contribution in [-0.2, 0) is 34.1 Å². The molecule has 17 heteroatoms. The average molecular weight is 1000 g/mol. The van der Waals surface area contributed by atoms with Gasteiger partial charge in [-0.3, -0.25) is 29.3 Å². The van der Waals surface area contributed by atoms with Crippen molar-refractivity contribution in [1.82, 2.24) is 39.5 Å². The Hall–Kier alpha value is -6.36. The number of rotatable bonds is 10. The maximum absolute atomic E-state index is 15.4. The van der Waals surface area contributed by atoms with Crippen molar-refractivity contribution in [2.75, 3.05) is 67.6 Å². The summed E-state index contributed by atoms with van der Waals surface area (Å²) in [7, 11) is 0. The molecule has 13 rings (SSSR count). The monoisotopic (exact) mass is 1000 g/mol. The third kappa shape index (κ3) is 8.04. The fourth-order valence-electron chi connectivity index (χ4n) is 13.9. The van der Waals surface area contributed by atoms with Crippen molar-refractivity contribution < 1.29 is 28.7 Å². The Morgan fingerprint density at radius 1 is 0.851 bits per heavy atom. The van der Waals surface area contributed by atoms with E-state index in [1.807, 2.05) is 28.3 Å². The molecular weight excluding hydrogens is 935 g/mol. The highest BCUT2D eigenvalue weighted by molar-refractivity contribution is 6.09. The first-order valence-electron chi connectivity index (χ1n) is 27.6. The summed E-state index contributed by atoms with van der Waals surface area (Å²) in [5.74, 6) is 1.21. The van der Waals surface area contributed by atoms with Crippen molar-refractivity contribution in [3.05, 3.63) is 71.8 Å². The number of imidazole rings is 1. The molecular formula is C57H69N11O6. The molecule has 10 heterocycles. The number of carbonyl (C=O) groups excluding carboxylic acids is 5. The highest BCUT2D eigenvalue weighted by Gasteiger charge is 2.57. The Balaban J connectivity index is 0.677. The number of pyridine rings is 2. The lowest BCUT2D eigenvalue weighted by Crippen LogP contribution is -2.60. The van der Waals surface area contributed by atoms with Crippen LogP contribution in [0.15, 0.2) is 60.7 Å². The zero-order valence-electron chi connectivity index (χ0n) is 43.1. The van der Waals surface area contributed by atoms with E-state index in [-0.39, 0.29) is 53.5 Å². The van der Waals surface area contributed by atoms with Gasteiger partial charge in [0.1, 0.15) is 11.3 Å². The number of imide groups is 1. The van der Waals surface area contributed by atoms with Gasteiger partial charge in [-0.1, -0.05) is 31.2 Å². The quantitative estimate of drug-likeness (QED) is 0.167. The van der Waals surface area contributed by atoms with Crippen LogP contribution in [0.3, 0.4) is 0 Å². The van der Waals surface area contributed by atoms with E-state index < -0.39 is 10.8 Å². The number of benzene rings is 1. The molecule has 1 spiro atoms. The number of morpholine rings is 1. The smallest absolute Gasteiger partial charge is 0.238 e. The molecule has 2 unspecified atom stereocenters. The van der Waals surface area contributed by atoms with Crippen molar-refractivity contribution in [3.8, 4) is 11.3 Å². The van der Waals surface area contributed by atoms with Gasteiger partial charge in [0, 0.05) is 104 Å². The van der Waals surface area contributed by atoms with Crippen LogP contribution < -0.4 is 20.4 Å². The summed E-state index contributed by atoms with van der Waals surface area (Å²) in [5, 5.41) is 6.13. The average Bonchev–Trinajstić information content (AvgIpc) is 4.01. The van der Waals surface area contributed by atoms with Crippen molar-refractivity contribution in [3.63, 3.8) is 0 Å². The van der Waals surface area contributed by atoms with Gasteiger partial charge < -0.3 is 39.1 Å². The normalized spacial score (nSPS) is 26.7. The summed E-state index contributed by atoms with van der Waals surface area (Å²) in [6.45, 7) is 11.4. The molecule has 0 radical (unpaired) electrons. The number of fused-ring (bicyclic) bond motifs is 5. The van der Waals surface area contributed by atoms with E-state index >= 15 is 4.79 Å². The van der Waals surface area contributed by atoms with Gasteiger partial charge >= 0.3 is 0 Å². The minimum Gasteiger partial charge on any atom is -0.373 e. The standard InChI is InChI=1S/C57H69N11O6/c1-34(2)66-33-59-46-29-45(61-51(50(46)66)60-38-6-7-38)36-4-11-44-47(26-36)68(42-27-41(28-42)67-39-8-9-40(67)32-74-31-39)55(73)57(44)18-24-65(25-19-57)54(72)56(3)16-22-64(23-17-56)53(71)35-14-20-63(21-15-35)48-12-5-37(30-58-48)43-10-13-49(69)62-52(43)70/h4-5,8,11-12,26,29-30,33-35,38,40-43H,6-7,9-10,13-25,27-28,31-32H2,1-3H3,(H,60,61)(H,62,69,70). The minimum atomic E-state index is -0.718. The third-order valence-corrected chi connectivity index (χ3v) is 18.7. The Kier molecular flexibility index (Phi) is 11.6. The number of aromatic nitrogens is 4. The third-order valence-electron chi connectivity index (χ3n) is 18.7. The second-order valence-corrected chi connectivity index (χ2v) is 23.6. The molecule has 17 nitrogen and oxygen atoms in total. The number of carbonyl (C=O) groups is 5. The summed E-state index contributed by atoms with van der Waals surface area (Å²) in [6.07, 6.45) is 15.7. The lowest BCUT2D eigenvalue weighted by atomic mass is 9.72. The highest BCUT2D eigenvalue weighted by Crippen LogP contribution is 2.53. The lowest BCUT2D eigenvalue weighted by molar-refractivity contribution is -0.150. The van der Waals surface area contributed by atoms with Crippen LogP contribution in [0.5, 0.6) is 0 Å². The molecule has 7 aliphatic heterocycles. The van der Waals surface area contributed by atoms with E-state index in [1.54, 1.807) is 6.20 Å². The van der Waals surface area contributed by atoms with Crippen LogP contribution in [-0.4, -0.2) is 140 Å². The molecule has 3 aromatic heterocycles. The Bertz CT molecular complexity index is 2950. The summed E-state index contributed by atoms with van der Waals surface area (Å²) < 4.78 is 8.08. The fourth-order valence-corrected chi connectivity index (χ4v) is 13.9. The predicted octanol–water partition coefficient (Wildman–Crippen LogP) is 6.44. The molecule has 4 aromatic rings. The van der Waals surface area contributed by atoms with Gasteiger partial charge in [-0.25, -0.2) is 15.0 Å². The van der Waals surface area contributed by atoms with Gasteiger partial charge in [0.2, 0.25) is 29.5 Å². The van der Waals surface area contributed by atoms with Crippen molar-refractivity contribution in [1.29, 1.82) is 0 Å². The van der Waals surface area contributed by atoms with Gasteiger partial charge in [0.05, 0.1) is 48.1 Å². The molecule has 5 amide bonds. The van der Waals surface area contributed by atoms with Crippen molar-refractivity contribution in [2.45, 2.75) is 146 Å². The Morgan fingerprint density at radius 3 is 2.32 bits per heavy atom. The molecule has 2 aliphatic carbocycles. The molecule has 9 aliphatic rings. The highest BCUT2D eigenvalue weighted by atomic mass is 16.5. The van der Waals surface area contributed by atoms with E-state index in [0.29, 0.717) is 103 Å². The zero-order chi connectivity index (χ0) is 50.6. The van der Waals surface area contributed by atoms with Gasteiger partial charge in [-0.15, -0.1) is 0 Å². The van der Waals surface area contributed by atoms with Crippen LogP contribution in [0.4, 0.5) is 17.3 Å². The van der Waals surface area contributed by atoms with Crippen LogP contribution in [0.2, 0.25) is 0 Å². The fraction of sp³-hybridized carbons (Fsp3) is 0.579. The number of ether oxygens (including phenoxy) is 1. The van der Waals surface area contributed by atoms with Crippen LogP contribution in [0, 0.1) is 11.3 Å². The molecule has 74 heavy (non-hydrogen) atoms. The molecule has 2 bridgehead atoms. The van der Waals surface area contributed by atoms with Gasteiger partial charge in [-0.05, 0) is 120 Å². The first-order chi connectivity index (χ1) is 35.8. The van der Waals surface area contributed by atoms with Crippen molar-refractivity contribution >= 4 is 57.9 Å². The Labute approximate surface area is 432 Å². The molecule has 7 fully saturated rings. The summed E-state index contributed by atoms with van der Waals surface area (Å²) >= 11 is 0. The maximum Gasteiger partial charge on any atom is 0.238 e. The SMILES string of the molecule is CC(C)n1cnc2cc(-c3ccc4c(c3)N(C3CC(N5C6=CCC5COC6)C3)C(=O)C43CCN(C(=O)C4(C)CCN(C(=O)C5CCN(c6ccc(C7CCC(=O)NC7=O)cn6)CC5)CC4)CC3)nc(NC3CC3)c21. The number of nitrogens with zero attached hydrogens (tertiary/aromatic N) is 9. The Morgan fingerprint density at radius 2 is 1.62 bits per heavy atom. The summed E-state index contributed by atoms with van der Waals surface area (Å²) in [6, 6.07) is 14.0. The second-order valence-electron chi connectivity index (χ2n) is 23.6. The van der Waals surface area contributed by atoms with E-state index in [2.05, 4.69) is 86.0 Å². The largest absolute Gasteiger partial charge is 0.373 e. The minimum absolute atomic E-state index is 0.0786. The van der Waals surface area contributed by atoms with Crippen LogP contribution >= 0.6 is 0 Å². The molecule has 388 valence electrons. The number of likely N-dealkylation sites (tertiary alicyclic amines) is 2. The molecule has 5 saturated heterocycles. The second kappa shape index (κ2) is 18.2. The topological polar surface area (TPSA) is 178 Å². The van der Waals surface area contributed by atoms with Crippen LogP contribution in [0.25, 0.3) is 22.3 Å².